The predicted octanol–water partition coefficient (Wildman–Crippen LogP) is 20.2. The zero-order valence-electron chi connectivity index (χ0n) is 53.1. The fourth-order valence-corrected chi connectivity index (χ4v) is 15.2. The zero-order chi connectivity index (χ0) is 60.0. The lowest BCUT2D eigenvalue weighted by atomic mass is 9.33. The predicted molar refractivity (Wildman–Crippen MR) is 370 cm³/mol. The van der Waals surface area contributed by atoms with Crippen LogP contribution < -0.4 is 31.1 Å². The van der Waals surface area contributed by atoms with E-state index >= 15 is 0 Å². The molecule has 3 aliphatic heterocycles. The molecule has 2 unspecified atom stereocenters. The molecule has 0 saturated heterocycles. The second-order valence-electron chi connectivity index (χ2n) is 29.7. The first-order valence-electron chi connectivity index (χ1n) is 31.5. The van der Waals surface area contributed by atoms with Gasteiger partial charge < -0.3 is 14.7 Å². The Labute approximate surface area is 513 Å². The molecule has 14 rings (SSSR count). The number of rotatable bonds is 6. The van der Waals surface area contributed by atoms with Gasteiger partial charge in [0.15, 0.2) is 0 Å². The topological polar surface area (TPSA) is 9.72 Å². The summed E-state index contributed by atoms with van der Waals surface area (Å²) in [6.45, 7) is 33.3. The Morgan fingerprint density at radius 1 is 0.349 bits per heavy atom. The van der Waals surface area contributed by atoms with Crippen molar-refractivity contribution in [3.05, 3.63) is 257 Å². The number of nitrogens with zero attached hydrogens (tertiary/aromatic N) is 3. The Morgan fingerprint density at radius 3 is 1.22 bits per heavy atom. The van der Waals surface area contributed by atoms with E-state index in [0.29, 0.717) is 0 Å². The van der Waals surface area contributed by atoms with Crippen molar-refractivity contribution in [3.8, 4) is 33.4 Å². The Hall–Kier alpha value is -8.34. The van der Waals surface area contributed by atoms with Gasteiger partial charge in [0.2, 0.25) is 0 Å². The third kappa shape index (κ3) is 8.66. The Kier molecular flexibility index (Phi) is 12.7. The van der Waals surface area contributed by atoms with Crippen LogP contribution in [-0.4, -0.2) is 6.71 Å². The lowest BCUT2D eigenvalue weighted by molar-refractivity contribution is 0.245. The van der Waals surface area contributed by atoms with Crippen LogP contribution in [0.1, 0.15) is 142 Å². The van der Waals surface area contributed by atoms with Crippen LogP contribution in [0.5, 0.6) is 0 Å². The molecule has 0 radical (unpaired) electrons. The van der Waals surface area contributed by atoms with Gasteiger partial charge in [-0.05, 0) is 180 Å². The van der Waals surface area contributed by atoms with E-state index in [9.17, 15) is 0 Å². The van der Waals surface area contributed by atoms with Crippen LogP contribution in [0.15, 0.2) is 218 Å². The highest BCUT2D eigenvalue weighted by molar-refractivity contribution is 7.00. The van der Waals surface area contributed by atoms with Crippen molar-refractivity contribution in [2.45, 2.75) is 142 Å². The molecule has 0 bridgehead atoms. The minimum absolute atomic E-state index is 0.0798. The van der Waals surface area contributed by atoms with Crippen molar-refractivity contribution in [2.75, 3.05) is 14.7 Å². The maximum atomic E-state index is 2.80. The van der Waals surface area contributed by atoms with Gasteiger partial charge in [0.25, 0.3) is 6.71 Å². The highest BCUT2D eigenvalue weighted by atomic mass is 15.3. The van der Waals surface area contributed by atoms with Crippen molar-refractivity contribution in [2.24, 2.45) is 0 Å². The molecule has 4 aliphatic rings. The molecule has 4 heteroatoms. The number of fused-ring (bicyclic) bond motifs is 9. The van der Waals surface area contributed by atoms with Crippen LogP contribution in [0.25, 0.3) is 33.4 Å². The van der Waals surface area contributed by atoms with Gasteiger partial charge in [-0.2, -0.15) is 0 Å². The van der Waals surface area contributed by atoms with E-state index in [4.69, 9.17) is 0 Å². The van der Waals surface area contributed by atoms with Crippen molar-refractivity contribution in [1.82, 2.24) is 0 Å². The number of hydrogen-bond donors (Lipinski definition) is 0. The van der Waals surface area contributed by atoms with Gasteiger partial charge >= 0.3 is 0 Å². The monoisotopic (exact) mass is 1120 g/mol. The number of anilines is 8. The number of hydrogen-bond acceptors (Lipinski definition) is 3. The second kappa shape index (κ2) is 19.6. The molecule has 86 heavy (non-hydrogen) atoms. The summed E-state index contributed by atoms with van der Waals surface area (Å²) in [5.74, 6) is 0. The average molecular weight is 1120 g/mol. The molecule has 0 saturated carbocycles. The lowest BCUT2D eigenvalue weighted by Gasteiger charge is -2.52. The molecule has 10 aromatic rings. The summed E-state index contributed by atoms with van der Waals surface area (Å²) in [4.78, 5) is 8.19. The third-order valence-corrected chi connectivity index (χ3v) is 20.3. The number of aryl methyl sites for hydroxylation is 1. The van der Waals surface area contributed by atoms with E-state index in [2.05, 4.69) is 330 Å². The smallest absolute Gasteiger partial charge is 0.252 e. The fourth-order valence-electron chi connectivity index (χ4n) is 15.2. The maximum absolute atomic E-state index is 2.80. The van der Waals surface area contributed by atoms with E-state index in [0.717, 1.165) is 12.8 Å². The van der Waals surface area contributed by atoms with Gasteiger partial charge in [-0.1, -0.05) is 248 Å². The summed E-state index contributed by atoms with van der Waals surface area (Å²) in [7, 11) is 0. The summed E-state index contributed by atoms with van der Waals surface area (Å²) in [6.07, 6.45) is 2.04. The van der Waals surface area contributed by atoms with Crippen LogP contribution in [0, 0.1) is 0 Å². The standard InChI is InChI=1S/C82H82BN3/c1-77(2,3)58-35-40-69(63(47-58)54-28-20-16-21-29-54)84-72-42-37-60(79(7,8)9)49-67(72)83-68-50-61(80(10,11)12)38-43-73(68)85(70-41-36-59(78(4,5)6)48-64(70)55-30-22-17-23-31-55)75-52-62(51-74(84)76(75)83)86-71-39-34-57(53-26-18-15-19-27-53)46-66(71)81(13)45-44-56-32-24-25-33-65(56)82(81,86)14/h15-43,46-52H,44-45H2,1-14H3. The quantitative estimate of drug-likeness (QED) is 0.154. The van der Waals surface area contributed by atoms with Gasteiger partial charge in [-0.3, -0.25) is 0 Å². The first kappa shape index (κ1) is 55.5. The van der Waals surface area contributed by atoms with Crippen LogP contribution in [-0.2, 0) is 39.0 Å². The maximum Gasteiger partial charge on any atom is 0.252 e. The Morgan fingerprint density at radius 2 is 0.756 bits per heavy atom. The van der Waals surface area contributed by atoms with Crippen LogP contribution in [0.4, 0.5) is 45.5 Å². The lowest BCUT2D eigenvalue weighted by Crippen LogP contribution is -2.62. The van der Waals surface area contributed by atoms with Crippen molar-refractivity contribution < 1.29 is 0 Å². The molecule has 0 aromatic heterocycles. The molecule has 3 heterocycles. The highest BCUT2D eigenvalue weighted by Crippen LogP contribution is 2.65. The highest BCUT2D eigenvalue weighted by Gasteiger charge is 2.60. The minimum atomic E-state index is -0.481. The van der Waals surface area contributed by atoms with E-state index < -0.39 is 5.54 Å². The second-order valence-corrected chi connectivity index (χ2v) is 29.7. The first-order chi connectivity index (χ1) is 40.9. The molecule has 0 fully saturated rings. The van der Waals surface area contributed by atoms with Crippen LogP contribution >= 0.6 is 0 Å². The summed E-state index contributed by atoms with van der Waals surface area (Å²) < 4.78 is 0. The Balaban J connectivity index is 1.16. The molecule has 10 aromatic carbocycles. The summed E-state index contributed by atoms with van der Waals surface area (Å²) in [5, 5.41) is 0. The van der Waals surface area contributed by atoms with Gasteiger partial charge in [-0.15, -0.1) is 0 Å². The molecule has 0 amide bonds. The number of benzene rings is 10. The Bertz CT molecular complexity index is 4130. The average Bonchev–Trinajstić information content (AvgIpc) is 1.45. The van der Waals surface area contributed by atoms with E-state index in [-0.39, 0.29) is 33.8 Å². The van der Waals surface area contributed by atoms with E-state index in [1.807, 2.05) is 0 Å². The van der Waals surface area contributed by atoms with Crippen LogP contribution in [0.3, 0.4) is 0 Å². The van der Waals surface area contributed by atoms with Gasteiger partial charge in [-0.25, -0.2) is 0 Å². The van der Waals surface area contributed by atoms with Crippen molar-refractivity contribution in [1.29, 1.82) is 0 Å². The first-order valence-corrected chi connectivity index (χ1v) is 31.5. The molecule has 2 atom stereocenters. The molecule has 428 valence electrons. The summed E-state index contributed by atoms with van der Waals surface area (Å²) >= 11 is 0. The zero-order valence-corrected chi connectivity index (χ0v) is 53.1. The molecule has 0 N–H and O–H groups in total. The van der Waals surface area contributed by atoms with Gasteiger partial charge in [0.05, 0.1) is 16.9 Å². The van der Waals surface area contributed by atoms with E-state index in [1.54, 1.807) is 0 Å². The SMILES string of the molecule is CC(C)(C)c1ccc2c(c1)B1c3cc(C(C)(C)C)ccc3N(c3ccc(C(C)(C)C)cc3-c3ccccc3)c3cc(N4c5ccc(-c6ccccc6)cc5C5(C)CCc6ccccc6C45C)cc(c31)N2c1ccc(C(C)(C)C)cc1-c1ccccc1. The molecular weight excluding hydrogens is 1040 g/mol. The molecular formula is C82H82BN3. The summed E-state index contributed by atoms with van der Waals surface area (Å²) in [6, 6.07) is 85.0. The van der Waals surface area contributed by atoms with Crippen molar-refractivity contribution in [3.63, 3.8) is 0 Å². The molecule has 3 nitrogen and oxygen atoms in total. The van der Waals surface area contributed by atoms with Gasteiger partial charge in [0, 0.05) is 50.7 Å². The van der Waals surface area contributed by atoms with Crippen LogP contribution in [0.2, 0.25) is 0 Å². The molecule has 1 aliphatic carbocycles. The summed E-state index contributed by atoms with van der Waals surface area (Å²) in [5.41, 5.74) is 29.3. The van der Waals surface area contributed by atoms with Gasteiger partial charge in [0.1, 0.15) is 0 Å². The largest absolute Gasteiger partial charge is 0.330 e. The fraction of sp³-hybridized carbons (Fsp3) is 0.268. The normalized spacial score (nSPS) is 17.8. The molecule has 0 spiro atoms. The van der Waals surface area contributed by atoms with E-state index in [1.165, 1.54) is 134 Å². The minimum Gasteiger partial charge on any atom is -0.330 e. The van der Waals surface area contributed by atoms with Crippen molar-refractivity contribution >= 4 is 68.6 Å². The third-order valence-electron chi connectivity index (χ3n) is 20.3.